The van der Waals surface area contributed by atoms with Crippen molar-refractivity contribution in [2.24, 2.45) is 0 Å². The van der Waals surface area contributed by atoms with Gasteiger partial charge in [-0.25, -0.2) is 4.79 Å². The number of rotatable bonds is 3. The minimum absolute atomic E-state index is 0.0637. The van der Waals surface area contributed by atoms with E-state index in [1.54, 1.807) is 4.90 Å². The molecule has 2 N–H and O–H groups in total. The van der Waals surface area contributed by atoms with Gasteiger partial charge in [0, 0.05) is 24.7 Å². The average Bonchev–Trinajstić information content (AvgIpc) is 2.37. The maximum absolute atomic E-state index is 11.9. The lowest BCUT2D eigenvalue weighted by Crippen LogP contribution is -2.43. The van der Waals surface area contributed by atoms with Gasteiger partial charge in [0.2, 0.25) is 0 Å². The first-order valence-electron chi connectivity index (χ1n) is 6.08. The van der Waals surface area contributed by atoms with Crippen LogP contribution in [-0.4, -0.2) is 35.1 Å². The van der Waals surface area contributed by atoms with Gasteiger partial charge in [0.15, 0.2) is 0 Å². The Balaban J connectivity index is 1.92. The fraction of sp³-hybridized carbons (Fsp3) is 0.385. The number of nitrogens with zero attached hydrogens (tertiary/aromatic N) is 1. The van der Waals surface area contributed by atoms with Gasteiger partial charge in [0.25, 0.3) is 0 Å². The van der Waals surface area contributed by atoms with Crippen LogP contribution in [0.3, 0.4) is 0 Å². The predicted molar refractivity (Wildman–Crippen MR) is 71.2 cm³/mol. The number of carboxylic acids is 1. The Kier molecular flexibility index (Phi) is 4.27. The van der Waals surface area contributed by atoms with E-state index < -0.39 is 5.97 Å². The van der Waals surface area contributed by atoms with Crippen LogP contribution < -0.4 is 5.32 Å². The van der Waals surface area contributed by atoms with Gasteiger partial charge < -0.3 is 15.3 Å². The Morgan fingerprint density at radius 1 is 1.37 bits per heavy atom. The van der Waals surface area contributed by atoms with Crippen LogP contribution in [0.15, 0.2) is 18.2 Å². The largest absolute Gasteiger partial charge is 0.481 e. The molecule has 0 aromatic heterocycles. The van der Waals surface area contributed by atoms with Crippen LogP contribution in [0.25, 0.3) is 0 Å². The SMILES string of the molecule is O=C(O)CCNC(=O)N1CCc2cc(Cl)ccc2C1. The molecule has 1 heterocycles. The van der Waals surface area contributed by atoms with E-state index in [0.29, 0.717) is 18.1 Å². The highest BCUT2D eigenvalue weighted by molar-refractivity contribution is 6.30. The van der Waals surface area contributed by atoms with Gasteiger partial charge in [-0.1, -0.05) is 17.7 Å². The van der Waals surface area contributed by atoms with Crippen LogP contribution >= 0.6 is 11.6 Å². The summed E-state index contributed by atoms with van der Waals surface area (Å²) in [4.78, 5) is 23.9. The minimum Gasteiger partial charge on any atom is -0.481 e. The molecule has 0 bridgehead atoms. The third-order valence-electron chi connectivity index (χ3n) is 3.08. The molecule has 5 nitrogen and oxygen atoms in total. The molecule has 0 saturated heterocycles. The van der Waals surface area contributed by atoms with Crippen molar-refractivity contribution in [3.05, 3.63) is 34.3 Å². The van der Waals surface area contributed by atoms with Gasteiger partial charge in [0.1, 0.15) is 0 Å². The van der Waals surface area contributed by atoms with Crippen molar-refractivity contribution >= 4 is 23.6 Å². The number of nitrogens with one attached hydrogen (secondary N) is 1. The van der Waals surface area contributed by atoms with Crippen molar-refractivity contribution < 1.29 is 14.7 Å². The number of carbonyl (C=O) groups is 2. The van der Waals surface area contributed by atoms with Crippen LogP contribution in [0, 0.1) is 0 Å². The maximum Gasteiger partial charge on any atom is 0.317 e. The van der Waals surface area contributed by atoms with Crippen molar-refractivity contribution in [1.82, 2.24) is 10.2 Å². The molecule has 19 heavy (non-hydrogen) atoms. The van der Waals surface area contributed by atoms with E-state index in [2.05, 4.69) is 5.32 Å². The molecule has 0 radical (unpaired) electrons. The van der Waals surface area contributed by atoms with Crippen molar-refractivity contribution in [2.45, 2.75) is 19.4 Å². The van der Waals surface area contributed by atoms with E-state index in [4.69, 9.17) is 16.7 Å². The normalized spacial score (nSPS) is 13.8. The Morgan fingerprint density at radius 2 is 2.16 bits per heavy atom. The molecule has 0 fully saturated rings. The van der Waals surface area contributed by atoms with Crippen LogP contribution in [-0.2, 0) is 17.8 Å². The summed E-state index contributed by atoms with van der Waals surface area (Å²) in [5.41, 5.74) is 2.26. The van der Waals surface area contributed by atoms with Crippen molar-refractivity contribution in [2.75, 3.05) is 13.1 Å². The summed E-state index contributed by atoms with van der Waals surface area (Å²) in [5.74, 6) is -0.918. The fourth-order valence-electron chi connectivity index (χ4n) is 2.08. The Hall–Kier alpha value is -1.75. The number of carbonyl (C=O) groups excluding carboxylic acids is 1. The summed E-state index contributed by atoms with van der Waals surface area (Å²) in [6.45, 7) is 1.30. The molecular formula is C13H15ClN2O3. The monoisotopic (exact) mass is 282 g/mol. The first-order chi connectivity index (χ1) is 9.06. The summed E-state index contributed by atoms with van der Waals surface area (Å²) in [7, 11) is 0. The van der Waals surface area contributed by atoms with Crippen LogP contribution in [0.2, 0.25) is 5.02 Å². The lowest BCUT2D eigenvalue weighted by Gasteiger charge is -2.29. The fourth-order valence-corrected chi connectivity index (χ4v) is 2.28. The number of halogens is 1. The summed E-state index contributed by atoms with van der Waals surface area (Å²) in [5, 5.41) is 11.8. The van der Waals surface area contributed by atoms with Gasteiger partial charge in [-0.2, -0.15) is 0 Å². The number of aliphatic carboxylic acids is 1. The smallest absolute Gasteiger partial charge is 0.317 e. The number of benzene rings is 1. The quantitative estimate of drug-likeness (QED) is 0.889. The molecule has 102 valence electrons. The molecular weight excluding hydrogens is 268 g/mol. The first-order valence-corrected chi connectivity index (χ1v) is 6.46. The number of hydrogen-bond acceptors (Lipinski definition) is 2. The summed E-state index contributed by atoms with van der Waals surface area (Å²) in [6.07, 6.45) is 0.702. The summed E-state index contributed by atoms with van der Waals surface area (Å²) >= 11 is 5.93. The molecule has 1 aromatic carbocycles. The molecule has 0 spiro atoms. The third-order valence-corrected chi connectivity index (χ3v) is 3.32. The molecule has 0 aliphatic carbocycles. The Bertz CT molecular complexity index is 505. The zero-order valence-electron chi connectivity index (χ0n) is 10.4. The number of fused-ring (bicyclic) bond motifs is 1. The van der Waals surface area contributed by atoms with Crippen LogP contribution in [0.4, 0.5) is 4.79 Å². The standard InChI is InChI=1S/C13H15ClN2O3/c14-11-2-1-10-8-16(6-4-9(10)7-11)13(19)15-5-3-12(17)18/h1-2,7H,3-6,8H2,(H,15,19)(H,17,18). The van der Waals surface area contributed by atoms with E-state index >= 15 is 0 Å². The molecule has 0 atom stereocenters. The highest BCUT2D eigenvalue weighted by Crippen LogP contribution is 2.22. The summed E-state index contributed by atoms with van der Waals surface area (Å²) < 4.78 is 0. The van der Waals surface area contributed by atoms with E-state index in [9.17, 15) is 9.59 Å². The molecule has 6 heteroatoms. The predicted octanol–water partition coefficient (Wildman–Crippen LogP) is 1.88. The van der Waals surface area contributed by atoms with E-state index in [1.807, 2.05) is 18.2 Å². The van der Waals surface area contributed by atoms with Crippen LogP contribution in [0.5, 0.6) is 0 Å². The van der Waals surface area contributed by atoms with Gasteiger partial charge in [-0.15, -0.1) is 0 Å². The van der Waals surface area contributed by atoms with Crippen LogP contribution in [0.1, 0.15) is 17.5 Å². The van der Waals surface area contributed by atoms with E-state index in [1.165, 1.54) is 5.56 Å². The minimum atomic E-state index is -0.918. The van der Waals surface area contributed by atoms with Gasteiger partial charge in [-0.05, 0) is 29.7 Å². The molecule has 1 aliphatic heterocycles. The topological polar surface area (TPSA) is 69.6 Å². The second kappa shape index (κ2) is 5.93. The molecule has 2 rings (SSSR count). The highest BCUT2D eigenvalue weighted by atomic mass is 35.5. The Labute approximate surface area is 116 Å². The maximum atomic E-state index is 11.9. The van der Waals surface area contributed by atoms with Crippen molar-refractivity contribution in [3.63, 3.8) is 0 Å². The molecule has 2 amide bonds. The van der Waals surface area contributed by atoms with Gasteiger partial charge in [-0.3, -0.25) is 4.79 Å². The molecule has 1 aliphatic rings. The second-order valence-corrected chi connectivity index (χ2v) is 4.90. The first kappa shape index (κ1) is 13.7. The number of urea groups is 1. The van der Waals surface area contributed by atoms with Gasteiger partial charge >= 0.3 is 12.0 Å². The average molecular weight is 283 g/mol. The van der Waals surface area contributed by atoms with E-state index in [0.717, 1.165) is 12.0 Å². The van der Waals surface area contributed by atoms with E-state index in [-0.39, 0.29) is 19.0 Å². The number of amides is 2. The third kappa shape index (κ3) is 3.61. The zero-order chi connectivity index (χ0) is 13.8. The number of carboxylic acid groups (broad SMARTS) is 1. The molecule has 1 aromatic rings. The van der Waals surface area contributed by atoms with Crippen molar-refractivity contribution in [3.8, 4) is 0 Å². The second-order valence-electron chi connectivity index (χ2n) is 4.46. The Morgan fingerprint density at radius 3 is 2.89 bits per heavy atom. The summed E-state index contributed by atoms with van der Waals surface area (Å²) in [6, 6.07) is 5.44. The highest BCUT2D eigenvalue weighted by Gasteiger charge is 2.20. The molecule has 0 saturated carbocycles. The van der Waals surface area contributed by atoms with Crippen molar-refractivity contribution in [1.29, 1.82) is 0 Å². The van der Waals surface area contributed by atoms with Gasteiger partial charge in [0.05, 0.1) is 6.42 Å². The number of hydrogen-bond donors (Lipinski definition) is 2. The zero-order valence-corrected chi connectivity index (χ0v) is 11.1. The molecule has 0 unspecified atom stereocenters. The lowest BCUT2D eigenvalue weighted by molar-refractivity contribution is -0.136. The lowest BCUT2D eigenvalue weighted by atomic mass is 10.0.